The minimum Gasteiger partial charge on any atom is -0.493 e. The average Bonchev–Trinajstić information content (AvgIpc) is 2.90. The van der Waals surface area contributed by atoms with Crippen molar-refractivity contribution in [2.24, 2.45) is 10.2 Å². The number of rotatable bonds is 5. The molecule has 0 saturated heterocycles. The summed E-state index contributed by atoms with van der Waals surface area (Å²) in [7, 11) is 0. The fourth-order valence-electron chi connectivity index (χ4n) is 2.46. The first-order chi connectivity index (χ1) is 12.6. The molecule has 0 aliphatic rings. The fraction of sp³-hybridized carbons (Fsp3) is 0.105. The van der Waals surface area contributed by atoms with Gasteiger partial charge in [-0.1, -0.05) is 41.8 Å². The Balaban J connectivity index is 1.79. The molecule has 0 bridgehead atoms. The summed E-state index contributed by atoms with van der Waals surface area (Å²) in [5.74, 6) is 2.18. The van der Waals surface area contributed by atoms with Gasteiger partial charge < -0.3 is 9.84 Å². The Bertz CT molecular complexity index is 1030. The highest BCUT2D eigenvalue weighted by Gasteiger charge is 2.16. The average molecular weight is 368 g/mol. The number of fused-ring (bicyclic) bond motifs is 1. The van der Waals surface area contributed by atoms with E-state index in [4.69, 9.17) is 22.8 Å². The molecule has 0 saturated carbocycles. The van der Waals surface area contributed by atoms with Gasteiger partial charge in [0, 0.05) is 10.4 Å². The monoisotopic (exact) mass is 367 g/mol. The van der Waals surface area contributed by atoms with E-state index in [1.807, 2.05) is 6.07 Å². The molecule has 6 nitrogen and oxygen atoms in total. The third-order valence-electron chi connectivity index (χ3n) is 3.59. The first kappa shape index (κ1) is 17.5. The molecule has 7 heteroatoms. The highest BCUT2D eigenvalue weighted by Crippen LogP contribution is 2.38. The molecule has 0 spiro atoms. The highest BCUT2D eigenvalue weighted by molar-refractivity contribution is 6.30. The Hall–Kier alpha value is -3.30. The molecule has 0 aliphatic heterocycles. The minimum atomic E-state index is -0.599. The molecule has 0 radical (unpaired) electrons. The molecule has 1 aromatic heterocycles. The maximum Gasteiger partial charge on any atom is 0.302 e. The Morgan fingerprint density at radius 2 is 2.08 bits per heavy atom. The van der Waals surface area contributed by atoms with Gasteiger partial charge in [0.1, 0.15) is 5.75 Å². The van der Waals surface area contributed by atoms with Crippen LogP contribution >= 0.6 is 11.6 Å². The molecule has 26 heavy (non-hydrogen) atoms. The second-order valence-corrected chi connectivity index (χ2v) is 5.76. The third-order valence-corrected chi connectivity index (χ3v) is 3.82. The number of para-hydroxylation sites is 1. The number of aromatic hydroxyl groups is 1. The lowest BCUT2D eigenvalue weighted by atomic mass is 10.2. The summed E-state index contributed by atoms with van der Waals surface area (Å²) < 4.78 is 6.84. The van der Waals surface area contributed by atoms with Crippen molar-refractivity contribution >= 4 is 34.1 Å². The highest BCUT2D eigenvalue weighted by atomic mass is 35.5. The predicted octanol–water partition coefficient (Wildman–Crippen LogP) is 4.32. The van der Waals surface area contributed by atoms with Crippen LogP contribution in [0.2, 0.25) is 5.02 Å². The van der Waals surface area contributed by atoms with E-state index in [2.05, 4.69) is 16.1 Å². The van der Waals surface area contributed by atoms with Crippen LogP contribution in [0.1, 0.15) is 0 Å². The zero-order chi connectivity index (χ0) is 18.5. The maximum absolute atomic E-state index is 11.9. The number of hydrogen-bond donors (Lipinski definition) is 1. The second kappa shape index (κ2) is 7.72. The molecule has 0 aliphatic carbocycles. The fourth-order valence-corrected chi connectivity index (χ4v) is 2.64. The van der Waals surface area contributed by atoms with E-state index < -0.39 is 5.91 Å². The van der Waals surface area contributed by atoms with E-state index in [1.165, 1.54) is 4.57 Å². The second-order valence-electron chi connectivity index (χ2n) is 5.32. The predicted molar refractivity (Wildman–Crippen MR) is 98.9 cm³/mol. The van der Waals surface area contributed by atoms with Gasteiger partial charge in [-0.15, -0.1) is 16.7 Å². The van der Waals surface area contributed by atoms with E-state index in [0.29, 0.717) is 21.7 Å². The zero-order valence-corrected chi connectivity index (χ0v) is 14.3. The van der Waals surface area contributed by atoms with Crippen molar-refractivity contribution in [2.75, 3.05) is 6.61 Å². The van der Waals surface area contributed by atoms with Crippen molar-refractivity contribution in [3.05, 3.63) is 53.6 Å². The number of halogens is 1. The van der Waals surface area contributed by atoms with Gasteiger partial charge in [0.25, 0.3) is 0 Å². The number of hydrogen-bond acceptors (Lipinski definition) is 4. The van der Waals surface area contributed by atoms with Crippen LogP contribution in [0.4, 0.5) is 5.69 Å². The summed E-state index contributed by atoms with van der Waals surface area (Å²) in [4.78, 5) is 11.9. The smallest absolute Gasteiger partial charge is 0.302 e. The lowest BCUT2D eigenvalue weighted by Crippen LogP contribution is -2.07. The van der Waals surface area contributed by atoms with E-state index in [-0.39, 0.29) is 24.7 Å². The quantitative estimate of drug-likeness (QED) is 0.539. The van der Waals surface area contributed by atoms with Crippen molar-refractivity contribution in [1.29, 1.82) is 0 Å². The van der Waals surface area contributed by atoms with Crippen LogP contribution in [0.3, 0.4) is 0 Å². The van der Waals surface area contributed by atoms with Crippen molar-refractivity contribution in [3.63, 3.8) is 0 Å². The number of carbonyl (C=O) groups is 1. The Morgan fingerprint density at radius 3 is 2.85 bits per heavy atom. The van der Waals surface area contributed by atoms with E-state index in [1.54, 1.807) is 42.5 Å². The van der Waals surface area contributed by atoms with Crippen molar-refractivity contribution in [3.8, 4) is 24.0 Å². The van der Waals surface area contributed by atoms with Gasteiger partial charge in [0.2, 0.25) is 5.88 Å². The van der Waals surface area contributed by atoms with Crippen molar-refractivity contribution in [2.45, 2.75) is 6.54 Å². The minimum absolute atomic E-state index is 0.142. The zero-order valence-electron chi connectivity index (χ0n) is 13.6. The summed E-state index contributed by atoms with van der Waals surface area (Å²) in [6, 6.07) is 13.9. The molecule has 2 aromatic carbocycles. The number of aromatic nitrogens is 1. The molecule has 1 heterocycles. The molecular weight excluding hydrogens is 354 g/mol. The molecule has 1 amide bonds. The first-order valence-electron chi connectivity index (χ1n) is 7.66. The number of carbonyl (C=O) groups excluding carboxylic acids is 1. The number of terminal acetylenes is 1. The summed E-state index contributed by atoms with van der Waals surface area (Å²) in [6.07, 6.45) is 5.34. The van der Waals surface area contributed by atoms with Crippen LogP contribution in [0.25, 0.3) is 10.9 Å². The summed E-state index contributed by atoms with van der Waals surface area (Å²) in [5.41, 5.74) is 0.895. The SMILES string of the molecule is C#CCn1c(O)c(N=NC(=O)COc2cccc(Cl)c2)c2ccccc21. The van der Waals surface area contributed by atoms with Crippen LogP contribution in [0, 0.1) is 12.3 Å². The molecule has 3 aromatic rings. The summed E-state index contributed by atoms with van der Waals surface area (Å²) >= 11 is 5.85. The maximum atomic E-state index is 11.9. The van der Waals surface area contributed by atoms with Crippen molar-refractivity contribution in [1.82, 2.24) is 4.57 Å². The van der Waals surface area contributed by atoms with Gasteiger partial charge in [-0.05, 0) is 24.3 Å². The van der Waals surface area contributed by atoms with Gasteiger partial charge in [0.05, 0.1) is 12.1 Å². The molecular formula is C19H14ClN3O3. The van der Waals surface area contributed by atoms with Crippen LogP contribution in [0.5, 0.6) is 11.6 Å². The molecule has 0 atom stereocenters. The lowest BCUT2D eigenvalue weighted by molar-refractivity contribution is -0.120. The van der Waals surface area contributed by atoms with E-state index in [0.717, 1.165) is 0 Å². The Labute approximate surface area is 154 Å². The molecule has 1 N–H and O–H groups in total. The number of nitrogens with zero attached hydrogens (tertiary/aromatic N) is 3. The molecule has 0 unspecified atom stereocenters. The van der Waals surface area contributed by atoms with E-state index >= 15 is 0 Å². The molecule has 130 valence electrons. The first-order valence-corrected chi connectivity index (χ1v) is 8.04. The largest absolute Gasteiger partial charge is 0.493 e. The van der Waals surface area contributed by atoms with Crippen LogP contribution < -0.4 is 4.74 Å². The number of azo groups is 1. The van der Waals surface area contributed by atoms with Crippen molar-refractivity contribution < 1.29 is 14.6 Å². The number of ether oxygens (including phenoxy) is 1. The third kappa shape index (κ3) is 3.68. The summed E-state index contributed by atoms with van der Waals surface area (Å²) in [6.45, 7) is -0.124. The number of amides is 1. The Morgan fingerprint density at radius 1 is 1.27 bits per heavy atom. The van der Waals surface area contributed by atoms with Gasteiger partial charge in [-0.3, -0.25) is 9.36 Å². The molecule has 0 fully saturated rings. The van der Waals surface area contributed by atoms with Gasteiger partial charge in [-0.2, -0.15) is 0 Å². The Kier molecular flexibility index (Phi) is 5.20. The van der Waals surface area contributed by atoms with Crippen LogP contribution in [-0.4, -0.2) is 22.2 Å². The van der Waals surface area contributed by atoms with E-state index in [9.17, 15) is 9.90 Å². The van der Waals surface area contributed by atoms with Gasteiger partial charge in [0.15, 0.2) is 12.3 Å². The summed E-state index contributed by atoms with van der Waals surface area (Å²) in [5, 5.41) is 19.0. The standard InChI is InChI=1S/C19H14ClN3O3/c1-2-10-23-16-9-4-3-8-15(16)18(19(23)25)22-21-17(24)12-26-14-7-5-6-13(20)11-14/h1,3-9,11,25H,10,12H2. The topological polar surface area (TPSA) is 76.2 Å². The van der Waals surface area contributed by atoms with Crippen LogP contribution in [-0.2, 0) is 11.3 Å². The van der Waals surface area contributed by atoms with Crippen LogP contribution in [0.15, 0.2) is 58.8 Å². The molecule has 3 rings (SSSR count). The van der Waals surface area contributed by atoms with Gasteiger partial charge >= 0.3 is 5.91 Å². The lowest BCUT2D eigenvalue weighted by Gasteiger charge is -2.02. The number of benzene rings is 2. The normalized spacial score (nSPS) is 10.9. The van der Waals surface area contributed by atoms with Gasteiger partial charge in [-0.25, -0.2) is 0 Å².